The number of furan rings is 1. The zero-order valence-corrected chi connectivity index (χ0v) is 20.2. The fourth-order valence-corrected chi connectivity index (χ4v) is 5.34. The maximum absolute atomic E-state index is 12.3. The Bertz CT molecular complexity index is 1360. The van der Waals surface area contributed by atoms with Crippen molar-refractivity contribution in [3.8, 4) is 5.75 Å². The van der Waals surface area contributed by atoms with Crippen LogP contribution in [0.3, 0.4) is 0 Å². The van der Waals surface area contributed by atoms with Crippen molar-refractivity contribution >= 4 is 46.2 Å². The number of amides is 2. The molecule has 188 valence electrons. The van der Waals surface area contributed by atoms with Gasteiger partial charge in [-0.15, -0.1) is 0 Å². The third kappa shape index (κ3) is 3.84. The Morgan fingerprint density at radius 2 is 1.92 bits per heavy atom. The molecule has 2 amide bonds. The molecule has 0 atom stereocenters. The molecule has 2 aromatic heterocycles. The minimum atomic E-state index is -0.927. The molecule has 1 aromatic carbocycles. The van der Waals surface area contributed by atoms with Gasteiger partial charge in [0, 0.05) is 37.9 Å². The molecule has 6 rings (SSSR count). The van der Waals surface area contributed by atoms with E-state index in [-0.39, 0.29) is 11.3 Å². The van der Waals surface area contributed by atoms with E-state index in [4.69, 9.17) is 14.1 Å². The molecule has 3 N–H and O–H groups in total. The standard InChI is InChI=1S/C25H28N6O5/c1-24(2)21(32)27-17-13-15(3-4-18(17)36-24)26-22-28-16-5-12-35-19(16)20(29-22)30-9-6-25(7-10-30)8-11-31(14-25)23(33)34/h3-5,12-13H,6-11,14H2,1-2H3,(H,27,32)(H,33,34)(H,26,28,29). The number of anilines is 4. The smallest absolute Gasteiger partial charge is 0.407 e. The average Bonchev–Trinajstić information content (AvgIpc) is 3.48. The lowest BCUT2D eigenvalue weighted by molar-refractivity contribution is -0.129. The van der Waals surface area contributed by atoms with Gasteiger partial charge in [-0.3, -0.25) is 4.79 Å². The number of aromatic nitrogens is 2. The molecule has 11 heteroatoms. The van der Waals surface area contributed by atoms with Gasteiger partial charge in [0.1, 0.15) is 11.3 Å². The molecule has 3 aliphatic heterocycles. The van der Waals surface area contributed by atoms with Crippen LogP contribution in [0, 0.1) is 5.41 Å². The van der Waals surface area contributed by atoms with E-state index in [2.05, 4.69) is 20.5 Å². The van der Waals surface area contributed by atoms with Gasteiger partial charge in [-0.05, 0) is 56.7 Å². The van der Waals surface area contributed by atoms with E-state index < -0.39 is 11.7 Å². The summed E-state index contributed by atoms with van der Waals surface area (Å²) in [5.41, 5.74) is 1.73. The van der Waals surface area contributed by atoms with Crippen LogP contribution in [0.4, 0.5) is 27.9 Å². The van der Waals surface area contributed by atoms with E-state index in [1.165, 1.54) is 4.90 Å². The zero-order valence-electron chi connectivity index (χ0n) is 20.2. The number of benzene rings is 1. The number of rotatable bonds is 3. The van der Waals surface area contributed by atoms with E-state index in [1.54, 1.807) is 26.2 Å². The zero-order chi connectivity index (χ0) is 25.1. The lowest BCUT2D eigenvalue weighted by Gasteiger charge is -2.39. The van der Waals surface area contributed by atoms with Crippen LogP contribution >= 0.6 is 0 Å². The van der Waals surface area contributed by atoms with Crippen LogP contribution in [-0.4, -0.2) is 63.8 Å². The largest absolute Gasteiger partial charge is 0.476 e. The van der Waals surface area contributed by atoms with Crippen LogP contribution in [-0.2, 0) is 4.79 Å². The van der Waals surface area contributed by atoms with Crippen molar-refractivity contribution in [1.82, 2.24) is 14.9 Å². The van der Waals surface area contributed by atoms with Gasteiger partial charge in [0.15, 0.2) is 17.0 Å². The number of piperidine rings is 1. The third-order valence-electron chi connectivity index (χ3n) is 7.51. The van der Waals surface area contributed by atoms with E-state index in [1.807, 2.05) is 18.2 Å². The predicted molar refractivity (Wildman–Crippen MR) is 133 cm³/mol. The number of carbonyl (C=O) groups is 2. The molecule has 1 spiro atoms. The molecule has 0 radical (unpaired) electrons. The summed E-state index contributed by atoms with van der Waals surface area (Å²) < 4.78 is 11.6. The molecular weight excluding hydrogens is 464 g/mol. The lowest BCUT2D eigenvalue weighted by Crippen LogP contribution is -2.45. The Balaban J connectivity index is 1.23. The minimum Gasteiger partial charge on any atom is -0.476 e. The second-order valence-electron chi connectivity index (χ2n) is 10.3. The van der Waals surface area contributed by atoms with E-state index >= 15 is 0 Å². The molecular formula is C25H28N6O5. The summed E-state index contributed by atoms with van der Waals surface area (Å²) in [6, 6.07) is 7.27. The molecule has 3 aromatic rings. The summed E-state index contributed by atoms with van der Waals surface area (Å²) in [6.07, 6.45) is 3.46. The van der Waals surface area contributed by atoms with Gasteiger partial charge in [0.25, 0.3) is 5.91 Å². The molecule has 0 saturated carbocycles. The number of hydrogen-bond acceptors (Lipinski definition) is 8. The Hall–Kier alpha value is -4.02. The van der Waals surface area contributed by atoms with Crippen LogP contribution in [0.15, 0.2) is 34.9 Å². The number of nitrogens with zero attached hydrogens (tertiary/aromatic N) is 4. The number of carbonyl (C=O) groups excluding carboxylic acids is 1. The molecule has 0 unspecified atom stereocenters. The Morgan fingerprint density at radius 3 is 2.67 bits per heavy atom. The molecule has 2 saturated heterocycles. The Morgan fingerprint density at radius 1 is 1.14 bits per heavy atom. The molecule has 36 heavy (non-hydrogen) atoms. The average molecular weight is 493 g/mol. The number of fused-ring (bicyclic) bond motifs is 2. The summed E-state index contributed by atoms with van der Waals surface area (Å²) >= 11 is 0. The summed E-state index contributed by atoms with van der Waals surface area (Å²) in [5, 5.41) is 15.5. The first-order chi connectivity index (χ1) is 17.2. The highest BCUT2D eigenvalue weighted by atomic mass is 16.5. The fraction of sp³-hybridized carbons (Fsp3) is 0.440. The summed E-state index contributed by atoms with van der Waals surface area (Å²) in [4.78, 5) is 36.8. The Kier molecular flexibility index (Phi) is 4.99. The van der Waals surface area contributed by atoms with Crippen molar-refractivity contribution in [3.63, 3.8) is 0 Å². The lowest BCUT2D eigenvalue weighted by atomic mass is 9.78. The number of ether oxygens (including phenoxy) is 1. The maximum Gasteiger partial charge on any atom is 0.407 e. The molecule has 0 bridgehead atoms. The monoisotopic (exact) mass is 492 g/mol. The number of hydrogen-bond donors (Lipinski definition) is 3. The second-order valence-corrected chi connectivity index (χ2v) is 10.3. The number of likely N-dealkylation sites (tertiary alicyclic amines) is 1. The van der Waals surface area contributed by atoms with Crippen LogP contribution < -0.4 is 20.3 Å². The first kappa shape index (κ1) is 22.4. The fourth-order valence-electron chi connectivity index (χ4n) is 5.34. The van der Waals surface area contributed by atoms with Gasteiger partial charge in [0.2, 0.25) is 5.95 Å². The van der Waals surface area contributed by atoms with Crippen molar-refractivity contribution in [3.05, 3.63) is 30.5 Å². The van der Waals surface area contributed by atoms with E-state index in [0.717, 1.165) is 32.4 Å². The molecule has 3 aliphatic rings. The van der Waals surface area contributed by atoms with Gasteiger partial charge in [-0.25, -0.2) is 9.78 Å². The van der Waals surface area contributed by atoms with E-state index in [0.29, 0.717) is 53.1 Å². The molecule has 2 fully saturated rings. The van der Waals surface area contributed by atoms with Crippen molar-refractivity contribution < 1.29 is 23.8 Å². The number of nitrogens with one attached hydrogen (secondary N) is 2. The van der Waals surface area contributed by atoms with Gasteiger partial charge in [-0.2, -0.15) is 4.98 Å². The third-order valence-corrected chi connectivity index (χ3v) is 7.51. The van der Waals surface area contributed by atoms with Crippen molar-refractivity contribution in [1.29, 1.82) is 0 Å². The van der Waals surface area contributed by atoms with Crippen LogP contribution in [0.5, 0.6) is 5.75 Å². The van der Waals surface area contributed by atoms with E-state index in [9.17, 15) is 14.7 Å². The normalized spacial score (nSPS) is 20.2. The quantitative estimate of drug-likeness (QED) is 0.495. The van der Waals surface area contributed by atoms with Gasteiger partial charge in [0.05, 0.1) is 12.0 Å². The predicted octanol–water partition coefficient (Wildman–Crippen LogP) is 4.05. The summed E-state index contributed by atoms with van der Waals surface area (Å²) in [6.45, 7) is 6.17. The molecule has 5 heterocycles. The van der Waals surface area contributed by atoms with Crippen LogP contribution in [0.2, 0.25) is 0 Å². The Labute approximate surface area is 207 Å². The van der Waals surface area contributed by atoms with Gasteiger partial charge < -0.3 is 34.7 Å². The van der Waals surface area contributed by atoms with Crippen molar-refractivity contribution in [2.24, 2.45) is 5.41 Å². The van der Waals surface area contributed by atoms with Gasteiger partial charge >= 0.3 is 6.09 Å². The highest BCUT2D eigenvalue weighted by Gasteiger charge is 2.42. The molecule has 11 nitrogen and oxygen atoms in total. The first-order valence-corrected chi connectivity index (χ1v) is 12.1. The topological polar surface area (TPSA) is 133 Å². The summed E-state index contributed by atoms with van der Waals surface area (Å²) in [7, 11) is 0. The van der Waals surface area contributed by atoms with Crippen molar-refractivity contribution in [2.45, 2.75) is 38.7 Å². The highest BCUT2D eigenvalue weighted by molar-refractivity contribution is 6.00. The minimum absolute atomic E-state index is 0.0372. The van der Waals surface area contributed by atoms with Crippen LogP contribution in [0.25, 0.3) is 11.1 Å². The highest BCUT2D eigenvalue weighted by Crippen LogP contribution is 2.42. The molecule has 0 aliphatic carbocycles. The summed E-state index contributed by atoms with van der Waals surface area (Å²) in [5.74, 6) is 1.53. The van der Waals surface area contributed by atoms with Gasteiger partial charge in [-0.1, -0.05) is 0 Å². The number of carboxylic acid groups (broad SMARTS) is 1. The first-order valence-electron chi connectivity index (χ1n) is 12.1. The van der Waals surface area contributed by atoms with Crippen molar-refractivity contribution in [2.75, 3.05) is 41.7 Å². The maximum atomic E-state index is 12.3. The van der Waals surface area contributed by atoms with Crippen LogP contribution in [0.1, 0.15) is 33.1 Å². The SMILES string of the molecule is CC1(C)Oc2ccc(Nc3nc(N4CCC5(CCN(C(=O)O)C5)CC4)c4occc4n3)cc2NC1=O. The second kappa shape index (κ2) is 8.00.